The number of halogens is 1. The van der Waals surface area contributed by atoms with E-state index in [-0.39, 0.29) is 18.6 Å². The lowest BCUT2D eigenvalue weighted by Crippen LogP contribution is -2.37. The van der Waals surface area contributed by atoms with Crippen molar-refractivity contribution in [2.75, 3.05) is 6.61 Å². The first-order valence-electron chi connectivity index (χ1n) is 10.6. The van der Waals surface area contributed by atoms with E-state index >= 15 is 0 Å². The smallest absolute Gasteiger partial charge is 0.0642 e. The van der Waals surface area contributed by atoms with E-state index in [4.69, 9.17) is 0 Å². The van der Waals surface area contributed by atoms with Gasteiger partial charge in [0.05, 0.1) is 12.7 Å². The van der Waals surface area contributed by atoms with Crippen LogP contribution in [-0.2, 0) is 0 Å². The van der Waals surface area contributed by atoms with Crippen molar-refractivity contribution < 1.29 is 10.2 Å². The maximum atomic E-state index is 11.0. The van der Waals surface area contributed by atoms with E-state index in [2.05, 4.69) is 48.3 Å². The van der Waals surface area contributed by atoms with Crippen LogP contribution in [0.4, 0.5) is 0 Å². The van der Waals surface area contributed by atoms with E-state index < -0.39 is 0 Å². The van der Waals surface area contributed by atoms with Crippen LogP contribution in [0.2, 0.25) is 0 Å². The molecular weight excluding hydrogens is 388 g/mol. The van der Waals surface area contributed by atoms with Crippen molar-refractivity contribution >= 4 is 15.9 Å². The van der Waals surface area contributed by atoms with Gasteiger partial charge in [0.2, 0.25) is 0 Å². The number of fused-ring (bicyclic) bond motifs is 1. The van der Waals surface area contributed by atoms with E-state index in [1.807, 2.05) is 0 Å². The molecule has 2 aliphatic carbocycles. The number of aliphatic hydroxyl groups is 2. The molecule has 0 radical (unpaired) electrons. The molecule has 0 aliphatic heterocycles. The van der Waals surface area contributed by atoms with Gasteiger partial charge in [0, 0.05) is 5.92 Å². The Morgan fingerprint density at radius 1 is 1.42 bits per heavy atom. The lowest BCUT2D eigenvalue weighted by atomic mass is 9.61. The third-order valence-corrected chi connectivity index (χ3v) is 8.13. The Morgan fingerprint density at radius 2 is 2.15 bits per heavy atom. The first-order chi connectivity index (χ1) is 12.4. The number of rotatable bonds is 9. The largest absolute Gasteiger partial charge is 0.392 e. The first kappa shape index (κ1) is 22.2. The first-order valence-corrected chi connectivity index (χ1v) is 11.6. The molecule has 150 valence electrons. The fourth-order valence-electron chi connectivity index (χ4n) is 6.06. The molecule has 2 fully saturated rings. The average Bonchev–Trinajstić information content (AvgIpc) is 2.98. The minimum atomic E-state index is -0.381. The molecule has 3 heteroatoms. The van der Waals surface area contributed by atoms with E-state index in [1.54, 1.807) is 5.57 Å². The fraction of sp³-hybridized carbons (Fsp3) is 0.826. The summed E-state index contributed by atoms with van der Waals surface area (Å²) < 4.78 is 0. The van der Waals surface area contributed by atoms with Gasteiger partial charge in [0.15, 0.2) is 0 Å². The van der Waals surface area contributed by atoms with Gasteiger partial charge in [-0.1, -0.05) is 61.7 Å². The van der Waals surface area contributed by atoms with Crippen LogP contribution < -0.4 is 0 Å². The molecule has 26 heavy (non-hydrogen) atoms. The molecule has 0 aromatic heterocycles. The van der Waals surface area contributed by atoms with Crippen molar-refractivity contribution in [3.8, 4) is 0 Å². The van der Waals surface area contributed by atoms with Crippen molar-refractivity contribution in [3.05, 3.63) is 22.7 Å². The van der Waals surface area contributed by atoms with Crippen molar-refractivity contribution in [2.45, 2.75) is 84.7 Å². The van der Waals surface area contributed by atoms with Crippen molar-refractivity contribution in [2.24, 2.45) is 29.1 Å². The predicted octanol–water partition coefficient (Wildman–Crippen LogP) is 6.22. The second-order valence-electron chi connectivity index (χ2n) is 9.13. The Morgan fingerprint density at radius 3 is 2.77 bits per heavy atom. The van der Waals surface area contributed by atoms with Crippen LogP contribution in [0.1, 0.15) is 78.6 Å². The summed E-state index contributed by atoms with van der Waals surface area (Å²) >= 11 is 3.60. The van der Waals surface area contributed by atoms with Crippen molar-refractivity contribution in [1.82, 2.24) is 0 Å². The summed E-state index contributed by atoms with van der Waals surface area (Å²) in [5, 5.41) is 20.5. The molecule has 0 unspecified atom stereocenters. The molecule has 2 N–H and O–H groups in total. The number of hydrogen-bond acceptors (Lipinski definition) is 2. The molecule has 0 amide bonds. The van der Waals surface area contributed by atoms with Crippen LogP contribution in [0.5, 0.6) is 0 Å². The van der Waals surface area contributed by atoms with Crippen LogP contribution in [0.3, 0.4) is 0 Å². The maximum Gasteiger partial charge on any atom is 0.0642 e. The van der Waals surface area contributed by atoms with Crippen LogP contribution in [0.15, 0.2) is 22.7 Å². The van der Waals surface area contributed by atoms with E-state index in [0.29, 0.717) is 23.2 Å². The lowest BCUT2D eigenvalue weighted by molar-refractivity contribution is 0.0430. The van der Waals surface area contributed by atoms with E-state index in [0.717, 1.165) is 31.3 Å². The number of aliphatic hydroxyl groups excluding tert-OH is 2. The van der Waals surface area contributed by atoms with Gasteiger partial charge in [-0.05, 0) is 78.7 Å². The topological polar surface area (TPSA) is 40.5 Å². The molecule has 2 nitrogen and oxygen atoms in total. The number of allylic oxidation sites excluding steroid dienone is 1. The highest BCUT2D eigenvalue weighted by molar-refractivity contribution is 9.11. The monoisotopic (exact) mass is 426 g/mol. The summed E-state index contributed by atoms with van der Waals surface area (Å²) in [4.78, 5) is 2.18. The van der Waals surface area contributed by atoms with Gasteiger partial charge in [-0.15, -0.1) is 0 Å². The zero-order valence-electron chi connectivity index (χ0n) is 17.0. The molecule has 2 rings (SSSR count). The van der Waals surface area contributed by atoms with Crippen molar-refractivity contribution in [1.29, 1.82) is 0 Å². The second-order valence-corrected chi connectivity index (χ2v) is 9.58. The van der Waals surface area contributed by atoms with Gasteiger partial charge in [-0.25, -0.2) is 0 Å². The maximum absolute atomic E-state index is 11.0. The normalized spacial score (nSPS) is 33.7. The summed E-state index contributed by atoms with van der Waals surface area (Å²) in [6.07, 6.45) is 9.99. The third-order valence-electron chi connectivity index (χ3n) is 7.54. The summed E-state index contributed by atoms with van der Waals surface area (Å²) in [6, 6.07) is 0. The van der Waals surface area contributed by atoms with E-state index in [9.17, 15) is 10.2 Å². The summed E-state index contributed by atoms with van der Waals surface area (Å²) in [6.45, 7) is 11.0. The van der Waals surface area contributed by atoms with Crippen LogP contribution in [-0.4, -0.2) is 22.9 Å². The van der Waals surface area contributed by atoms with Gasteiger partial charge in [0.25, 0.3) is 0 Å². The highest BCUT2D eigenvalue weighted by Gasteiger charge is 2.50. The third kappa shape index (κ3) is 4.64. The van der Waals surface area contributed by atoms with Crippen molar-refractivity contribution in [3.63, 3.8) is 0 Å². The van der Waals surface area contributed by atoms with Gasteiger partial charge in [-0.3, -0.25) is 0 Å². The van der Waals surface area contributed by atoms with Gasteiger partial charge in [0.1, 0.15) is 0 Å². The molecular formula is C23H39BrO2. The molecule has 0 aromatic rings. The quantitative estimate of drug-likeness (QED) is 0.429. The standard InChI is InChI=1S/C23H39BrO2/c1-5-6-9-19(17(3)15-25)22(26)13-16(2)20-10-11-21-18(14-24)8-7-12-23(20,21)4/h14,16,19-22,25-26H,3,5-13,15H2,1-2,4H3/b18-14+/t16-,19+,20-,21+,22+,23-/m1/s1. The highest BCUT2D eigenvalue weighted by atomic mass is 79.9. The van der Waals surface area contributed by atoms with Crippen LogP contribution in [0, 0.1) is 29.1 Å². The molecule has 6 atom stereocenters. The summed E-state index contributed by atoms with van der Waals surface area (Å²) in [7, 11) is 0. The molecule has 2 aliphatic rings. The summed E-state index contributed by atoms with van der Waals surface area (Å²) in [5.74, 6) is 1.93. The SMILES string of the molecule is C=C(CO)[C@H](CCCC)[C@@H](O)C[C@@H](C)[C@H]1CC[C@H]2/C(=C/Br)CCC[C@]12C. The molecule has 2 saturated carbocycles. The predicted molar refractivity (Wildman–Crippen MR) is 114 cm³/mol. The Labute approximate surface area is 169 Å². The van der Waals surface area contributed by atoms with Gasteiger partial charge >= 0.3 is 0 Å². The molecule has 0 spiro atoms. The number of unbranched alkanes of at least 4 members (excludes halogenated alkanes) is 1. The van der Waals surface area contributed by atoms with E-state index in [1.165, 1.54) is 32.1 Å². The minimum absolute atomic E-state index is 0.0115. The van der Waals surface area contributed by atoms with Gasteiger partial charge < -0.3 is 10.2 Å². The molecule has 0 saturated heterocycles. The zero-order chi connectivity index (χ0) is 19.3. The Kier molecular flexibility index (Phi) is 8.43. The lowest BCUT2D eigenvalue weighted by Gasteiger charge is -2.44. The Balaban J connectivity index is 2.06. The molecule has 0 aromatic carbocycles. The van der Waals surface area contributed by atoms with Crippen LogP contribution in [0.25, 0.3) is 0 Å². The molecule has 0 bridgehead atoms. The minimum Gasteiger partial charge on any atom is -0.392 e. The Hall–Kier alpha value is -0.120. The summed E-state index contributed by atoms with van der Waals surface area (Å²) in [5.41, 5.74) is 2.78. The molecule has 0 heterocycles. The Bertz CT molecular complexity index is 500. The average molecular weight is 427 g/mol. The van der Waals surface area contributed by atoms with Gasteiger partial charge in [-0.2, -0.15) is 0 Å². The fourth-order valence-corrected chi connectivity index (χ4v) is 6.61. The second kappa shape index (κ2) is 9.89. The number of hydrogen-bond donors (Lipinski definition) is 2. The zero-order valence-corrected chi connectivity index (χ0v) is 18.6. The highest BCUT2D eigenvalue weighted by Crippen LogP contribution is 2.60. The van der Waals surface area contributed by atoms with Crippen LogP contribution >= 0.6 is 15.9 Å².